The lowest BCUT2D eigenvalue weighted by molar-refractivity contribution is -0.143. The highest BCUT2D eigenvalue weighted by Crippen LogP contribution is 2.34. The van der Waals surface area contributed by atoms with E-state index < -0.39 is 31.9 Å². The standard InChI is InChI=1S/C8H11F3N2O2S/c1-5(2)16(14,15)6-4-13(3)12-7(6)8(9,10)11/h4-5H,1-3H3. The zero-order valence-electron chi connectivity index (χ0n) is 8.91. The van der Waals surface area contributed by atoms with E-state index >= 15 is 0 Å². The van der Waals surface area contributed by atoms with Gasteiger partial charge >= 0.3 is 6.18 Å². The molecule has 0 saturated carbocycles. The Kier molecular flexibility index (Phi) is 3.06. The summed E-state index contributed by atoms with van der Waals surface area (Å²) in [7, 11) is -2.73. The Morgan fingerprint density at radius 2 is 1.88 bits per heavy atom. The van der Waals surface area contributed by atoms with Gasteiger partial charge in [-0.2, -0.15) is 18.3 Å². The maximum Gasteiger partial charge on any atom is 0.436 e. The molecule has 0 saturated heterocycles. The lowest BCUT2D eigenvalue weighted by atomic mass is 10.4. The van der Waals surface area contributed by atoms with E-state index in [9.17, 15) is 21.6 Å². The van der Waals surface area contributed by atoms with Gasteiger partial charge in [-0.25, -0.2) is 8.42 Å². The molecule has 1 rings (SSSR count). The minimum absolute atomic E-state index is 0.766. The Labute approximate surface area is 91.0 Å². The van der Waals surface area contributed by atoms with Gasteiger partial charge < -0.3 is 0 Å². The number of hydrogen-bond donors (Lipinski definition) is 0. The highest BCUT2D eigenvalue weighted by molar-refractivity contribution is 7.92. The van der Waals surface area contributed by atoms with E-state index in [2.05, 4.69) is 5.10 Å². The van der Waals surface area contributed by atoms with E-state index in [1.54, 1.807) is 0 Å². The summed E-state index contributed by atoms with van der Waals surface area (Å²) in [5.74, 6) is 0. The lowest BCUT2D eigenvalue weighted by Crippen LogP contribution is -2.18. The molecule has 0 atom stereocenters. The molecule has 0 aromatic carbocycles. The summed E-state index contributed by atoms with van der Waals surface area (Å²) >= 11 is 0. The van der Waals surface area contributed by atoms with Crippen LogP contribution in [0.2, 0.25) is 0 Å². The number of rotatable bonds is 2. The summed E-state index contributed by atoms with van der Waals surface area (Å²) < 4.78 is 61.7. The molecule has 4 nitrogen and oxygen atoms in total. The molecule has 0 N–H and O–H groups in total. The molecule has 8 heteroatoms. The fraction of sp³-hybridized carbons (Fsp3) is 0.625. The van der Waals surface area contributed by atoms with Crippen LogP contribution in [-0.2, 0) is 23.1 Å². The molecule has 0 fully saturated rings. The summed E-state index contributed by atoms with van der Waals surface area (Å²) in [6.07, 6.45) is -3.89. The van der Waals surface area contributed by atoms with Gasteiger partial charge in [-0.1, -0.05) is 0 Å². The van der Waals surface area contributed by atoms with Gasteiger partial charge in [0.15, 0.2) is 15.5 Å². The van der Waals surface area contributed by atoms with E-state index in [0.717, 1.165) is 10.9 Å². The molecule has 0 amide bonds. The molecule has 1 heterocycles. The predicted octanol–water partition coefficient (Wildman–Crippen LogP) is 1.62. The molecule has 0 unspecified atom stereocenters. The average molecular weight is 256 g/mol. The summed E-state index contributed by atoms with van der Waals surface area (Å²) in [5, 5.41) is 2.22. The van der Waals surface area contributed by atoms with E-state index in [-0.39, 0.29) is 0 Å². The topological polar surface area (TPSA) is 52.0 Å². The molecular weight excluding hydrogens is 245 g/mol. The van der Waals surface area contributed by atoms with E-state index in [1.165, 1.54) is 20.9 Å². The van der Waals surface area contributed by atoms with Crippen LogP contribution < -0.4 is 0 Å². The third-order valence-electron chi connectivity index (χ3n) is 1.99. The number of hydrogen-bond acceptors (Lipinski definition) is 3. The maximum absolute atomic E-state index is 12.5. The van der Waals surface area contributed by atoms with Crippen molar-refractivity contribution in [1.29, 1.82) is 0 Å². The predicted molar refractivity (Wildman–Crippen MR) is 50.5 cm³/mol. The number of sulfone groups is 1. The second-order valence-corrected chi connectivity index (χ2v) is 6.08. The van der Waals surface area contributed by atoms with Crippen LogP contribution in [0, 0.1) is 0 Å². The van der Waals surface area contributed by atoms with Gasteiger partial charge in [-0.3, -0.25) is 4.68 Å². The molecule has 0 spiro atoms. The molecule has 16 heavy (non-hydrogen) atoms. The Hall–Kier alpha value is -1.05. The van der Waals surface area contributed by atoms with E-state index in [0.29, 0.717) is 0 Å². The van der Waals surface area contributed by atoms with E-state index in [1.807, 2.05) is 0 Å². The Bertz CT molecular complexity index is 488. The highest BCUT2D eigenvalue weighted by atomic mass is 32.2. The fourth-order valence-electron chi connectivity index (χ4n) is 1.13. The first kappa shape index (κ1) is 13.0. The molecule has 92 valence electrons. The van der Waals surface area contributed by atoms with Crippen LogP contribution in [0.4, 0.5) is 13.2 Å². The Balaban J connectivity index is 3.47. The van der Waals surface area contributed by atoms with Crippen LogP contribution in [0.5, 0.6) is 0 Å². The third kappa shape index (κ3) is 2.21. The third-order valence-corrected chi connectivity index (χ3v) is 4.14. The van der Waals surface area contributed by atoms with E-state index in [4.69, 9.17) is 0 Å². The molecular formula is C8H11F3N2O2S. The second kappa shape index (κ2) is 3.76. The van der Waals surface area contributed by atoms with Crippen LogP contribution >= 0.6 is 0 Å². The van der Waals surface area contributed by atoms with Gasteiger partial charge in [0.05, 0.1) is 5.25 Å². The molecule has 1 aromatic heterocycles. The molecule has 0 radical (unpaired) electrons. The monoisotopic (exact) mass is 256 g/mol. The number of aryl methyl sites for hydroxylation is 1. The number of halogens is 3. The lowest BCUT2D eigenvalue weighted by Gasteiger charge is -2.09. The number of aromatic nitrogens is 2. The Morgan fingerprint density at radius 3 is 2.25 bits per heavy atom. The van der Waals surface area contributed by atoms with Gasteiger partial charge in [0.2, 0.25) is 0 Å². The molecule has 1 aromatic rings. The summed E-state index contributed by atoms with van der Waals surface area (Å²) in [4.78, 5) is -0.766. The largest absolute Gasteiger partial charge is 0.436 e. The second-order valence-electron chi connectivity index (χ2n) is 3.61. The molecule has 0 aliphatic carbocycles. The summed E-state index contributed by atoms with van der Waals surface area (Å²) in [6, 6.07) is 0. The van der Waals surface area contributed by atoms with Crippen molar-refractivity contribution in [3.63, 3.8) is 0 Å². The number of nitrogens with zero attached hydrogens (tertiary/aromatic N) is 2. The van der Waals surface area contributed by atoms with Crippen molar-refractivity contribution in [2.45, 2.75) is 30.2 Å². The van der Waals surface area contributed by atoms with Crippen molar-refractivity contribution in [1.82, 2.24) is 9.78 Å². The minimum Gasteiger partial charge on any atom is -0.274 e. The van der Waals surface area contributed by atoms with Gasteiger partial charge in [-0.05, 0) is 13.8 Å². The van der Waals surface area contributed by atoms with Gasteiger partial charge in [-0.15, -0.1) is 0 Å². The van der Waals surface area contributed by atoms with Crippen molar-refractivity contribution < 1.29 is 21.6 Å². The van der Waals surface area contributed by atoms with Crippen LogP contribution in [0.15, 0.2) is 11.1 Å². The quantitative estimate of drug-likeness (QED) is 0.808. The summed E-state index contributed by atoms with van der Waals surface area (Å²) in [6.45, 7) is 2.64. The Morgan fingerprint density at radius 1 is 1.38 bits per heavy atom. The van der Waals surface area contributed by atoms with Crippen LogP contribution in [0.3, 0.4) is 0 Å². The molecule has 0 aliphatic heterocycles. The van der Waals surface area contributed by atoms with Crippen molar-refractivity contribution in [3.05, 3.63) is 11.9 Å². The van der Waals surface area contributed by atoms with Crippen LogP contribution in [0.1, 0.15) is 19.5 Å². The number of alkyl halides is 3. The van der Waals surface area contributed by atoms with Crippen molar-refractivity contribution in [3.8, 4) is 0 Å². The first-order chi connectivity index (χ1) is 7.06. The average Bonchev–Trinajstić information content (AvgIpc) is 2.46. The highest BCUT2D eigenvalue weighted by Gasteiger charge is 2.41. The first-order valence-corrected chi connectivity index (χ1v) is 5.96. The van der Waals surface area contributed by atoms with Crippen LogP contribution in [-0.4, -0.2) is 23.4 Å². The van der Waals surface area contributed by atoms with Gasteiger partial charge in [0.25, 0.3) is 0 Å². The first-order valence-electron chi connectivity index (χ1n) is 4.41. The fourth-order valence-corrected chi connectivity index (χ4v) is 2.36. The minimum atomic E-state index is -4.77. The van der Waals surface area contributed by atoms with Crippen molar-refractivity contribution in [2.75, 3.05) is 0 Å². The zero-order valence-corrected chi connectivity index (χ0v) is 9.72. The van der Waals surface area contributed by atoms with Crippen molar-refractivity contribution in [2.24, 2.45) is 7.05 Å². The van der Waals surface area contributed by atoms with Gasteiger partial charge in [0, 0.05) is 13.2 Å². The molecule has 0 aliphatic rings. The normalized spacial score (nSPS) is 13.4. The molecule has 0 bridgehead atoms. The summed E-state index contributed by atoms with van der Waals surface area (Å²) in [5.41, 5.74) is -1.36. The van der Waals surface area contributed by atoms with Crippen molar-refractivity contribution >= 4 is 9.84 Å². The van der Waals surface area contributed by atoms with Crippen LogP contribution in [0.25, 0.3) is 0 Å². The zero-order chi connectivity index (χ0) is 12.7. The van der Waals surface area contributed by atoms with Gasteiger partial charge in [0.1, 0.15) is 4.90 Å². The smallest absolute Gasteiger partial charge is 0.274 e. The SMILES string of the molecule is CC(C)S(=O)(=O)c1cn(C)nc1C(F)(F)F. The maximum atomic E-state index is 12.5.